The number of allylic oxidation sites excluding steroid dienone is 1. The van der Waals surface area contributed by atoms with E-state index < -0.39 is 12.8 Å². The van der Waals surface area contributed by atoms with Crippen LogP contribution in [-0.4, -0.2) is 37.3 Å². The molecule has 144 valence electrons. The number of nitrogens with one attached hydrogen (secondary N) is 2. The van der Waals surface area contributed by atoms with Crippen molar-refractivity contribution in [3.05, 3.63) is 35.5 Å². The second kappa shape index (κ2) is 10.0. The number of rotatable bonds is 7. The zero-order chi connectivity index (χ0) is 18.8. The fourth-order valence-corrected chi connectivity index (χ4v) is 2.67. The van der Waals surface area contributed by atoms with Gasteiger partial charge in [-0.25, -0.2) is 4.98 Å². The van der Waals surface area contributed by atoms with Gasteiger partial charge in [-0.05, 0) is 43.7 Å². The average molecular weight is 370 g/mol. The maximum Gasteiger partial charge on any atom is 0.422 e. The second-order valence-electron chi connectivity index (χ2n) is 6.12. The summed E-state index contributed by atoms with van der Waals surface area (Å²) in [7, 11) is 1.68. The Morgan fingerprint density at radius 2 is 2.15 bits per heavy atom. The SMILES string of the molecule is CN=C(NCCC1=CCCCC1)NCc1ccnc(OCC(F)(F)F)c1. The Morgan fingerprint density at radius 3 is 2.85 bits per heavy atom. The molecule has 0 saturated carbocycles. The van der Waals surface area contributed by atoms with Gasteiger partial charge in [-0.3, -0.25) is 4.99 Å². The van der Waals surface area contributed by atoms with E-state index >= 15 is 0 Å². The van der Waals surface area contributed by atoms with Gasteiger partial charge in [0.1, 0.15) is 0 Å². The maximum absolute atomic E-state index is 12.2. The van der Waals surface area contributed by atoms with E-state index in [-0.39, 0.29) is 5.88 Å². The molecule has 1 aromatic rings. The monoisotopic (exact) mass is 370 g/mol. The van der Waals surface area contributed by atoms with Crippen molar-refractivity contribution in [3.8, 4) is 5.88 Å². The average Bonchev–Trinajstić information content (AvgIpc) is 2.63. The molecule has 0 amide bonds. The Bertz CT molecular complexity index is 629. The van der Waals surface area contributed by atoms with Crippen molar-refractivity contribution in [2.24, 2.45) is 4.99 Å². The Hall–Kier alpha value is -2.25. The van der Waals surface area contributed by atoms with Gasteiger partial charge in [-0.15, -0.1) is 0 Å². The van der Waals surface area contributed by atoms with Crippen molar-refractivity contribution in [2.45, 2.75) is 44.8 Å². The van der Waals surface area contributed by atoms with Crippen LogP contribution in [0.3, 0.4) is 0 Å². The molecule has 26 heavy (non-hydrogen) atoms. The molecule has 2 rings (SSSR count). The van der Waals surface area contributed by atoms with E-state index in [1.807, 2.05) is 0 Å². The number of hydrogen-bond donors (Lipinski definition) is 2. The fraction of sp³-hybridized carbons (Fsp3) is 0.556. The van der Waals surface area contributed by atoms with Crippen LogP contribution in [0.4, 0.5) is 13.2 Å². The zero-order valence-electron chi connectivity index (χ0n) is 14.9. The molecular formula is C18H25F3N4O. The van der Waals surface area contributed by atoms with Gasteiger partial charge in [-0.1, -0.05) is 11.6 Å². The summed E-state index contributed by atoms with van der Waals surface area (Å²) in [6.45, 7) is -0.148. The molecule has 1 aliphatic rings. The normalized spacial score (nSPS) is 15.4. The van der Waals surface area contributed by atoms with E-state index in [0.717, 1.165) is 18.5 Å². The number of nitrogens with zero attached hydrogens (tertiary/aromatic N) is 2. The highest BCUT2D eigenvalue weighted by Gasteiger charge is 2.28. The Labute approximate surface area is 151 Å². The molecule has 0 aliphatic heterocycles. The first kappa shape index (κ1) is 20.1. The van der Waals surface area contributed by atoms with E-state index in [0.29, 0.717) is 12.5 Å². The first-order valence-electron chi connectivity index (χ1n) is 8.73. The Balaban J connectivity index is 1.76. The van der Waals surface area contributed by atoms with Crippen molar-refractivity contribution < 1.29 is 17.9 Å². The van der Waals surface area contributed by atoms with Crippen molar-refractivity contribution in [1.29, 1.82) is 0 Å². The molecule has 8 heteroatoms. The lowest BCUT2D eigenvalue weighted by Gasteiger charge is -2.15. The van der Waals surface area contributed by atoms with E-state index in [1.54, 1.807) is 13.1 Å². The van der Waals surface area contributed by atoms with Crippen molar-refractivity contribution in [3.63, 3.8) is 0 Å². The van der Waals surface area contributed by atoms with Crippen LogP contribution in [0.1, 0.15) is 37.7 Å². The number of halogens is 3. The van der Waals surface area contributed by atoms with Gasteiger partial charge in [0, 0.05) is 32.4 Å². The summed E-state index contributed by atoms with van der Waals surface area (Å²) in [5, 5.41) is 6.39. The number of alkyl halides is 3. The lowest BCUT2D eigenvalue weighted by atomic mass is 9.97. The summed E-state index contributed by atoms with van der Waals surface area (Å²) in [6.07, 6.45) is 5.24. The lowest BCUT2D eigenvalue weighted by molar-refractivity contribution is -0.154. The van der Waals surface area contributed by atoms with E-state index in [4.69, 9.17) is 0 Å². The summed E-state index contributed by atoms with van der Waals surface area (Å²) < 4.78 is 41.3. The van der Waals surface area contributed by atoms with Gasteiger partial charge < -0.3 is 15.4 Å². The first-order valence-corrected chi connectivity index (χ1v) is 8.73. The lowest BCUT2D eigenvalue weighted by Crippen LogP contribution is -2.37. The Kier molecular flexibility index (Phi) is 7.74. The van der Waals surface area contributed by atoms with Gasteiger partial charge >= 0.3 is 6.18 Å². The molecule has 0 saturated heterocycles. The number of pyridine rings is 1. The number of hydrogen-bond acceptors (Lipinski definition) is 3. The predicted octanol–water partition coefficient (Wildman–Crippen LogP) is 3.58. The van der Waals surface area contributed by atoms with Crippen LogP contribution in [0.5, 0.6) is 5.88 Å². The molecule has 0 fully saturated rings. The summed E-state index contributed by atoms with van der Waals surface area (Å²) in [4.78, 5) is 7.95. The summed E-state index contributed by atoms with van der Waals surface area (Å²) in [5.74, 6) is 0.602. The minimum absolute atomic E-state index is 0.0474. The van der Waals surface area contributed by atoms with Crippen LogP contribution in [0.25, 0.3) is 0 Å². The van der Waals surface area contributed by atoms with Crippen LogP contribution in [0.15, 0.2) is 35.0 Å². The van der Waals surface area contributed by atoms with Crippen LogP contribution < -0.4 is 15.4 Å². The molecule has 2 N–H and O–H groups in total. The standard InChI is InChI=1S/C18H25F3N4O/c1-22-17(24-10-7-14-5-3-2-4-6-14)25-12-15-8-9-23-16(11-15)26-13-18(19,20)21/h5,8-9,11H,2-4,6-7,10,12-13H2,1H3,(H2,22,24,25). The van der Waals surface area contributed by atoms with E-state index in [1.165, 1.54) is 43.5 Å². The van der Waals surface area contributed by atoms with Crippen molar-refractivity contribution >= 4 is 5.96 Å². The molecular weight excluding hydrogens is 345 g/mol. The molecule has 1 aliphatic carbocycles. The molecule has 1 heterocycles. The highest BCUT2D eigenvalue weighted by atomic mass is 19.4. The third-order valence-electron chi connectivity index (χ3n) is 3.99. The quantitative estimate of drug-likeness (QED) is 0.438. The third kappa shape index (κ3) is 7.76. The van der Waals surface area contributed by atoms with Crippen molar-refractivity contribution in [1.82, 2.24) is 15.6 Å². The van der Waals surface area contributed by atoms with E-state index in [2.05, 4.69) is 31.4 Å². The molecule has 0 spiro atoms. The smallest absolute Gasteiger partial charge is 0.422 e. The van der Waals surface area contributed by atoms with Gasteiger partial charge in [-0.2, -0.15) is 13.2 Å². The number of ether oxygens (including phenoxy) is 1. The molecule has 5 nitrogen and oxygen atoms in total. The number of aromatic nitrogens is 1. The van der Waals surface area contributed by atoms with Crippen LogP contribution in [0, 0.1) is 0 Å². The van der Waals surface area contributed by atoms with Gasteiger partial charge in [0.25, 0.3) is 0 Å². The maximum atomic E-state index is 12.2. The van der Waals surface area contributed by atoms with Gasteiger partial charge in [0.2, 0.25) is 5.88 Å². The van der Waals surface area contributed by atoms with Crippen LogP contribution in [-0.2, 0) is 6.54 Å². The molecule has 1 aromatic heterocycles. The minimum Gasteiger partial charge on any atom is -0.468 e. The molecule has 0 aromatic carbocycles. The zero-order valence-corrected chi connectivity index (χ0v) is 14.9. The first-order chi connectivity index (χ1) is 12.5. The summed E-state index contributed by atoms with van der Waals surface area (Å²) in [5.41, 5.74) is 2.25. The van der Waals surface area contributed by atoms with Gasteiger partial charge in [0.15, 0.2) is 12.6 Å². The second-order valence-corrected chi connectivity index (χ2v) is 6.12. The Morgan fingerprint density at radius 1 is 1.31 bits per heavy atom. The van der Waals surface area contributed by atoms with E-state index in [9.17, 15) is 13.2 Å². The molecule has 0 unspecified atom stereocenters. The summed E-state index contributed by atoms with van der Waals surface area (Å²) in [6, 6.07) is 3.20. The largest absolute Gasteiger partial charge is 0.468 e. The van der Waals surface area contributed by atoms with Crippen LogP contribution in [0.2, 0.25) is 0 Å². The van der Waals surface area contributed by atoms with Crippen molar-refractivity contribution in [2.75, 3.05) is 20.2 Å². The highest BCUT2D eigenvalue weighted by Crippen LogP contribution is 2.19. The molecule has 0 atom stereocenters. The highest BCUT2D eigenvalue weighted by molar-refractivity contribution is 5.79. The number of aliphatic imine (C=N–C) groups is 1. The van der Waals surface area contributed by atoms with Gasteiger partial charge in [0.05, 0.1) is 0 Å². The number of guanidine groups is 1. The topological polar surface area (TPSA) is 58.5 Å². The molecule has 0 radical (unpaired) electrons. The third-order valence-corrected chi connectivity index (χ3v) is 3.99. The minimum atomic E-state index is -4.38. The molecule has 0 bridgehead atoms. The predicted molar refractivity (Wildman–Crippen MR) is 95.2 cm³/mol. The van der Waals surface area contributed by atoms with Crippen LogP contribution >= 0.6 is 0 Å². The fourth-order valence-electron chi connectivity index (χ4n) is 2.67. The summed E-state index contributed by atoms with van der Waals surface area (Å²) >= 11 is 0.